The second kappa shape index (κ2) is 3.06. The van der Waals surface area contributed by atoms with Gasteiger partial charge in [0.25, 0.3) is 0 Å². The fourth-order valence-corrected chi connectivity index (χ4v) is 0.0913. The van der Waals surface area contributed by atoms with Crippen LogP contribution in [0.15, 0.2) is 0 Å². The van der Waals surface area contributed by atoms with Crippen LogP contribution in [-0.4, -0.2) is 22.5 Å². The van der Waals surface area contributed by atoms with Gasteiger partial charge in [0, 0.05) is 0 Å². The van der Waals surface area contributed by atoms with Gasteiger partial charge in [0.15, 0.2) is 5.62 Å². The van der Waals surface area contributed by atoms with E-state index < -0.39 is 10.5 Å². The average Bonchev–Trinajstić information content (AvgIpc) is 1.65. The van der Waals surface area contributed by atoms with Gasteiger partial charge in [0.05, 0.1) is 5.94 Å². The summed E-state index contributed by atoms with van der Waals surface area (Å²) < 4.78 is 0. The van der Waals surface area contributed by atoms with E-state index in [1.54, 1.807) is 0 Å². The molecule has 0 saturated heterocycles. The standard InChI is InChI=1S/C3H6O2S/c1-6(2-4)3-5/h2,5H,1,3H2. The SMILES string of the molecule is C=S(C=O)CO. The van der Waals surface area contributed by atoms with Crippen LogP contribution >= 0.6 is 10.5 Å². The molecule has 0 aliphatic carbocycles. The van der Waals surface area contributed by atoms with Crippen molar-refractivity contribution in [2.45, 2.75) is 0 Å². The minimum atomic E-state index is -0.659. The van der Waals surface area contributed by atoms with Crippen molar-refractivity contribution in [3.05, 3.63) is 0 Å². The summed E-state index contributed by atoms with van der Waals surface area (Å²) in [6, 6.07) is 0. The Hall–Kier alpha value is -0.150. The lowest BCUT2D eigenvalue weighted by atomic mass is 11.7. The van der Waals surface area contributed by atoms with E-state index in [9.17, 15) is 4.79 Å². The van der Waals surface area contributed by atoms with Gasteiger partial charge in [-0.3, -0.25) is 4.79 Å². The van der Waals surface area contributed by atoms with Crippen LogP contribution in [0.3, 0.4) is 0 Å². The largest absolute Gasteiger partial charge is 0.386 e. The molecule has 0 heterocycles. The van der Waals surface area contributed by atoms with Crippen LogP contribution in [0.5, 0.6) is 0 Å². The minimum absolute atomic E-state index is 0.122. The Morgan fingerprint density at radius 2 is 2.50 bits per heavy atom. The quantitative estimate of drug-likeness (QED) is 0.392. The Bertz CT molecular complexity index is 69.2. The molecule has 1 unspecified atom stereocenters. The molecule has 0 radical (unpaired) electrons. The molecule has 6 heavy (non-hydrogen) atoms. The molecular formula is C3H6O2S. The van der Waals surface area contributed by atoms with Crippen molar-refractivity contribution in [1.82, 2.24) is 0 Å². The van der Waals surface area contributed by atoms with Crippen molar-refractivity contribution in [2.24, 2.45) is 0 Å². The Balaban J connectivity index is 3.23. The van der Waals surface area contributed by atoms with Gasteiger partial charge >= 0.3 is 0 Å². The van der Waals surface area contributed by atoms with Crippen molar-refractivity contribution in [1.29, 1.82) is 0 Å². The maximum absolute atomic E-state index is 9.53. The van der Waals surface area contributed by atoms with E-state index in [1.807, 2.05) is 0 Å². The Morgan fingerprint density at radius 3 is 2.50 bits per heavy atom. The summed E-state index contributed by atoms with van der Waals surface area (Å²) in [7, 11) is -0.659. The molecule has 0 spiro atoms. The van der Waals surface area contributed by atoms with Crippen molar-refractivity contribution in [3.8, 4) is 0 Å². The van der Waals surface area contributed by atoms with Crippen LogP contribution in [0.2, 0.25) is 0 Å². The topological polar surface area (TPSA) is 37.3 Å². The summed E-state index contributed by atoms with van der Waals surface area (Å²) in [5.74, 6) is 3.16. The summed E-state index contributed by atoms with van der Waals surface area (Å²) in [6.07, 6.45) is 0. The maximum Gasteiger partial charge on any atom is 0.172 e. The third-order valence-electron chi connectivity index (χ3n) is 0.302. The number of rotatable bonds is 2. The van der Waals surface area contributed by atoms with Crippen molar-refractivity contribution >= 4 is 22.0 Å². The van der Waals surface area contributed by atoms with Crippen LogP contribution in [0.25, 0.3) is 0 Å². The van der Waals surface area contributed by atoms with E-state index in [0.717, 1.165) is 0 Å². The Morgan fingerprint density at radius 1 is 2.00 bits per heavy atom. The normalized spacial score (nSPS) is 13.5. The van der Waals surface area contributed by atoms with Crippen molar-refractivity contribution in [3.63, 3.8) is 0 Å². The second-order valence-electron chi connectivity index (χ2n) is 0.763. The molecule has 0 fully saturated rings. The van der Waals surface area contributed by atoms with Gasteiger partial charge < -0.3 is 5.11 Å². The van der Waals surface area contributed by atoms with Crippen LogP contribution in [0.1, 0.15) is 0 Å². The molecule has 0 saturated carbocycles. The molecule has 0 amide bonds. The van der Waals surface area contributed by atoms with Gasteiger partial charge in [-0.05, 0) is 0 Å². The zero-order valence-corrected chi connectivity index (χ0v) is 4.07. The average molecular weight is 106 g/mol. The van der Waals surface area contributed by atoms with Gasteiger partial charge in [0.2, 0.25) is 0 Å². The highest BCUT2D eigenvalue weighted by Crippen LogP contribution is 1.96. The highest BCUT2D eigenvalue weighted by molar-refractivity contribution is 8.25. The lowest BCUT2D eigenvalue weighted by Gasteiger charge is -1.82. The van der Waals surface area contributed by atoms with E-state index in [2.05, 4.69) is 5.87 Å². The molecule has 0 bridgehead atoms. The van der Waals surface area contributed by atoms with Gasteiger partial charge in [0.1, 0.15) is 0 Å². The summed E-state index contributed by atoms with van der Waals surface area (Å²) in [6.45, 7) is 0. The maximum atomic E-state index is 9.53. The first kappa shape index (κ1) is 5.85. The number of hydrogen-bond donors (Lipinski definition) is 1. The zero-order valence-electron chi connectivity index (χ0n) is 3.26. The van der Waals surface area contributed by atoms with Crippen LogP contribution < -0.4 is 0 Å². The molecule has 0 aliphatic rings. The lowest BCUT2D eigenvalue weighted by molar-refractivity contribution is 0.376. The monoisotopic (exact) mass is 106 g/mol. The molecule has 1 atom stereocenters. The third-order valence-corrected chi connectivity index (χ3v) is 0.906. The molecule has 0 aliphatic heterocycles. The number of aliphatic hydroxyl groups excluding tert-OH is 1. The van der Waals surface area contributed by atoms with Crippen molar-refractivity contribution in [2.75, 3.05) is 5.94 Å². The van der Waals surface area contributed by atoms with Gasteiger partial charge in [-0.1, -0.05) is 5.87 Å². The van der Waals surface area contributed by atoms with Crippen LogP contribution in [0, 0.1) is 0 Å². The highest BCUT2D eigenvalue weighted by Gasteiger charge is 1.76. The highest BCUT2D eigenvalue weighted by atomic mass is 32.2. The van der Waals surface area contributed by atoms with Crippen molar-refractivity contribution < 1.29 is 9.90 Å². The Kier molecular flexibility index (Phi) is 2.98. The van der Waals surface area contributed by atoms with E-state index in [4.69, 9.17) is 5.11 Å². The van der Waals surface area contributed by atoms with Gasteiger partial charge in [-0.25, -0.2) is 0 Å². The first-order valence-corrected chi connectivity index (χ1v) is 2.99. The third kappa shape index (κ3) is 2.11. The van der Waals surface area contributed by atoms with E-state index in [-0.39, 0.29) is 5.94 Å². The first-order chi connectivity index (χ1) is 2.81. The zero-order chi connectivity index (χ0) is 4.99. The predicted octanol–water partition coefficient (Wildman–Crippen LogP) is -0.173. The summed E-state index contributed by atoms with van der Waals surface area (Å²) in [4.78, 5) is 9.53. The molecule has 0 rings (SSSR count). The summed E-state index contributed by atoms with van der Waals surface area (Å²) in [5, 5.41) is 8.05. The molecule has 1 N–H and O–H groups in total. The Labute approximate surface area is 38.7 Å². The second-order valence-corrected chi connectivity index (χ2v) is 2.29. The molecule has 36 valence electrons. The predicted molar refractivity (Wildman–Crippen MR) is 28.5 cm³/mol. The van der Waals surface area contributed by atoms with E-state index >= 15 is 0 Å². The first-order valence-electron chi connectivity index (χ1n) is 1.36. The molecule has 2 nitrogen and oxygen atoms in total. The number of hydrogen-bond acceptors (Lipinski definition) is 2. The molecule has 0 aromatic carbocycles. The molecule has 3 heteroatoms. The van der Waals surface area contributed by atoms with E-state index in [0.29, 0.717) is 5.62 Å². The molecule has 0 aromatic rings. The fraction of sp³-hybridized carbons (Fsp3) is 0.333. The summed E-state index contributed by atoms with van der Waals surface area (Å²) in [5.41, 5.74) is 0.639. The molecule has 0 aromatic heterocycles. The number of carbonyl (C=O) groups is 1. The van der Waals surface area contributed by atoms with E-state index in [1.165, 1.54) is 0 Å². The number of carbonyl (C=O) groups excluding carboxylic acids is 1. The van der Waals surface area contributed by atoms with Crippen LogP contribution in [-0.2, 0) is 4.79 Å². The molecular weight excluding hydrogens is 100 g/mol. The van der Waals surface area contributed by atoms with Crippen LogP contribution in [0.4, 0.5) is 0 Å². The fourth-order valence-electron chi connectivity index (χ4n) is 0.0304. The van der Waals surface area contributed by atoms with Gasteiger partial charge in [-0.15, -0.1) is 10.5 Å². The van der Waals surface area contributed by atoms with Gasteiger partial charge in [-0.2, -0.15) is 0 Å². The summed E-state index contributed by atoms with van der Waals surface area (Å²) >= 11 is 0. The smallest absolute Gasteiger partial charge is 0.172 e. The number of aliphatic hydroxyl groups is 1. The minimum Gasteiger partial charge on any atom is -0.386 e. The lowest BCUT2D eigenvalue weighted by Crippen LogP contribution is -1.74.